The van der Waals surface area contributed by atoms with Gasteiger partial charge in [0.05, 0.1) is 16.6 Å². The molecule has 1 saturated carbocycles. The highest BCUT2D eigenvalue weighted by atomic mass is 16.7. The van der Waals surface area contributed by atoms with Crippen LogP contribution in [0.5, 0.6) is 0 Å². The first-order valence-corrected chi connectivity index (χ1v) is 9.96. The minimum atomic E-state index is -0.347. The second-order valence-corrected chi connectivity index (χ2v) is 9.31. The zero-order chi connectivity index (χ0) is 19.4. The van der Waals surface area contributed by atoms with E-state index in [1.165, 1.54) is 24.8 Å². The van der Waals surface area contributed by atoms with Crippen molar-refractivity contribution in [3.05, 3.63) is 42.0 Å². The van der Waals surface area contributed by atoms with Gasteiger partial charge in [-0.1, -0.05) is 30.7 Å². The van der Waals surface area contributed by atoms with Crippen molar-refractivity contribution in [2.24, 2.45) is 13.0 Å². The zero-order valence-corrected chi connectivity index (χ0v) is 17.3. The van der Waals surface area contributed by atoms with E-state index in [1.54, 1.807) is 6.33 Å². The summed E-state index contributed by atoms with van der Waals surface area (Å²) < 4.78 is 14.6. The Balaban J connectivity index is 1.74. The standard InChI is InChI=1S/C21H30BN3O2/c1-19(2)20(3,4)27-22(26-19)17-12-8-11-16(13-17)21(5,15-9-7-10-15)18-24-23-14-25(18)6/h8,11-15H,7,9-10H2,1-6H3. The minimum absolute atomic E-state index is 0.164. The van der Waals surface area contributed by atoms with Gasteiger partial charge in [0.2, 0.25) is 0 Å². The molecule has 1 aromatic carbocycles. The van der Waals surface area contributed by atoms with Crippen LogP contribution in [0.15, 0.2) is 30.6 Å². The van der Waals surface area contributed by atoms with E-state index in [9.17, 15) is 0 Å². The Labute approximate surface area is 162 Å². The highest BCUT2D eigenvalue weighted by molar-refractivity contribution is 6.62. The SMILES string of the molecule is Cn1cnnc1C(C)(c1cccc(B2OC(C)(C)C(C)(C)O2)c1)C1CCC1. The number of hydrogen-bond donors (Lipinski definition) is 0. The Morgan fingerprint density at radius 3 is 2.33 bits per heavy atom. The van der Waals surface area contributed by atoms with E-state index in [0.717, 1.165) is 11.3 Å². The molecule has 1 saturated heterocycles. The summed E-state index contributed by atoms with van der Waals surface area (Å²) in [5, 5.41) is 8.65. The Morgan fingerprint density at radius 2 is 1.81 bits per heavy atom. The molecule has 0 N–H and O–H groups in total. The molecule has 1 aromatic heterocycles. The van der Waals surface area contributed by atoms with Crippen molar-refractivity contribution in [1.82, 2.24) is 14.8 Å². The van der Waals surface area contributed by atoms with Crippen LogP contribution in [0, 0.1) is 5.92 Å². The van der Waals surface area contributed by atoms with Gasteiger partial charge in [-0.15, -0.1) is 10.2 Å². The van der Waals surface area contributed by atoms with Crippen molar-refractivity contribution in [3.63, 3.8) is 0 Å². The fourth-order valence-corrected chi connectivity index (χ4v) is 4.27. The maximum absolute atomic E-state index is 6.28. The topological polar surface area (TPSA) is 49.2 Å². The normalized spacial score (nSPS) is 23.9. The number of aryl methyl sites for hydroxylation is 1. The maximum atomic E-state index is 6.28. The fourth-order valence-electron chi connectivity index (χ4n) is 4.27. The van der Waals surface area contributed by atoms with Crippen LogP contribution in [-0.4, -0.2) is 33.1 Å². The molecule has 1 unspecified atom stereocenters. The fraction of sp³-hybridized carbons (Fsp3) is 0.619. The quantitative estimate of drug-likeness (QED) is 0.779. The molecule has 27 heavy (non-hydrogen) atoms. The van der Waals surface area contributed by atoms with E-state index in [1.807, 2.05) is 7.05 Å². The second-order valence-electron chi connectivity index (χ2n) is 9.31. The number of rotatable bonds is 4. The summed E-state index contributed by atoms with van der Waals surface area (Å²) in [7, 11) is 1.68. The monoisotopic (exact) mass is 367 g/mol. The molecule has 4 rings (SSSR count). The molecule has 1 atom stereocenters. The van der Waals surface area contributed by atoms with Gasteiger partial charge in [0.25, 0.3) is 0 Å². The van der Waals surface area contributed by atoms with E-state index in [4.69, 9.17) is 9.31 Å². The molecule has 1 aliphatic heterocycles. The molecular formula is C21H30BN3O2. The molecule has 0 amide bonds. The summed E-state index contributed by atoms with van der Waals surface area (Å²) in [4.78, 5) is 0. The van der Waals surface area contributed by atoms with Crippen LogP contribution >= 0.6 is 0 Å². The van der Waals surface area contributed by atoms with E-state index < -0.39 is 0 Å². The van der Waals surface area contributed by atoms with Crippen LogP contribution in [0.1, 0.15) is 65.3 Å². The van der Waals surface area contributed by atoms with E-state index >= 15 is 0 Å². The number of nitrogens with zero attached hydrogens (tertiary/aromatic N) is 3. The van der Waals surface area contributed by atoms with Crippen molar-refractivity contribution >= 4 is 12.6 Å². The van der Waals surface area contributed by atoms with Crippen LogP contribution < -0.4 is 5.46 Å². The molecule has 2 aliphatic rings. The smallest absolute Gasteiger partial charge is 0.399 e. The van der Waals surface area contributed by atoms with Crippen LogP contribution in [0.4, 0.5) is 0 Å². The number of aromatic nitrogens is 3. The maximum Gasteiger partial charge on any atom is 0.494 e. The van der Waals surface area contributed by atoms with Gasteiger partial charge in [0, 0.05) is 7.05 Å². The lowest BCUT2D eigenvalue weighted by molar-refractivity contribution is 0.00578. The first-order valence-electron chi connectivity index (χ1n) is 9.96. The third kappa shape index (κ3) is 2.85. The molecular weight excluding hydrogens is 337 g/mol. The van der Waals surface area contributed by atoms with Crippen LogP contribution in [0.3, 0.4) is 0 Å². The average Bonchev–Trinajstić information content (AvgIpc) is 3.07. The summed E-state index contributed by atoms with van der Waals surface area (Å²) in [5.74, 6) is 1.60. The zero-order valence-electron chi connectivity index (χ0n) is 17.3. The summed E-state index contributed by atoms with van der Waals surface area (Å²) in [5.41, 5.74) is 1.49. The predicted octanol–water partition coefficient (Wildman–Crippen LogP) is 3.22. The Kier molecular flexibility index (Phi) is 4.28. The minimum Gasteiger partial charge on any atom is -0.399 e. The molecule has 2 heterocycles. The lowest BCUT2D eigenvalue weighted by Gasteiger charge is -2.42. The van der Waals surface area contributed by atoms with Crippen molar-refractivity contribution < 1.29 is 9.31 Å². The Hall–Kier alpha value is -1.66. The lowest BCUT2D eigenvalue weighted by Crippen LogP contribution is -2.41. The van der Waals surface area contributed by atoms with Crippen molar-refractivity contribution in [1.29, 1.82) is 0 Å². The van der Waals surface area contributed by atoms with Crippen LogP contribution in [-0.2, 0) is 21.8 Å². The van der Waals surface area contributed by atoms with Gasteiger partial charge < -0.3 is 13.9 Å². The predicted molar refractivity (Wildman–Crippen MR) is 107 cm³/mol. The van der Waals surface area contributed by atoms with E-state index in [-0.39, 0.29) is 23.7 Å². The highest BCUT2D eigenvalue weighted by Gasteiger charge is 2.52. The average molecular weight is 367 g/mol. The van der Waals surface area contributed by atoms with E-state index in [0.29, 0.717) is 5.92 Å². The van der Waals surface area contributed by atoms with Gasteiger partial charge in [-0.3, -0.25) is 0 Å². The highest BCUT2D eigenvalue weighted by Crippen LogP contribution is 2.47. The molecule has 5 nitrogen and oxygen atoms in total. The third-order valence-corrected chi connectivity index (χ3v) is 7.11. The first kappa shape index (κ1) is 18.7. The Morgan fingerprint density at radius 1 is 1.15 bits per heavy atom. The molecule has 0 spiro atoms. The van der Waals surface area contributed by atoms with Crippen LogP contribution in [0.2, 0.25) is 0 Å². The van der Waals surface area contributed by atoms with Crippen LogP contribution in [0.25, 0.3) is 0 Å². The summed E-state index contributed by atoms with van der Waals surface area (Å²) in [6.45, 7) is 10.7. The third-order valence-electron chi connectivity index (χ3n) is 7.11. The number of benzene rings is 1. The first-order chi connectivity index (χ1) is 12.6. The molecule has 0 radical (unpaired) electrons. The lowest BCUT2D eigenvalue weighted by atomic mass is 9.61. The summed E-state index contributed by atoms with van der Waals surface area (Å²) in [6.07, 6.45) is 5.54. The van der Waals surface area contributed by atoms with Crippen molar-refractivity contribution in [3.8, 4) is 0 Å². The van der Waals surface area contributed by atoms with Gasteiger partial charge in [0.1, 0.15) is 12.2 Å². The van der Waals surface area contributed by atoms with Gasteiger partial charge in [-0.05, 0) is 64.4 Å². The van der Waals surface area contributed by atoms with Gasteiger partial charge in [-0.2, -0.15) is 0 Å². The van der Waals surface area contributed by atoms with Crippen molar-refractivity contribution in [2.45, 2.75) is 70.5 Å². The molecule has 2 fully saturated rings. The summed E-state index contributed by atoms with van der Waals surface area (Å²) in [6, 6.07) is 8.67. The largest absolute Gasteiger partial charge is 0.494 e. The Bertz CT molecular complexity index is 827. The molecule has 144 valence electrons. The molecule has 2 aromatic rings. The van der Waals surface area contributed by atoms with E-state index in [2.05, 4.69) is 73.6 Å². The van der Waals surface area contributed by atoms with Gasteiger partial charge in [-0.25, -0.2) is 0 Å². The molecule has 6 heteroatoms. The second kappa shape index (κ2) is 6.18. The van der Waals surface area contributed by atoms with Gasteiger partial charge >= 0.3 is 7.12 Å². The van der Waals surface area contributed by atoms with Gasteiger partial charge in [0.15, 0.2) is 0 Å². The summed E-state index contributed by atoms with van der Waals surface area (Å²) >= 11 is 0. The number of hydrogen-bond acceptors (Lipinski definition) is 4. The van der Waals surface area contributed by atoms with Crippen molar-refractivity contribution in [2.75, 3.05) is 0 Å². The molecule has 1 aliphatic carbocycles. The molecule has 0 bridgehead atoms.